The van der Waals surface area contributed by atoms with Crippen LogP contribution in [0.1, 0.15) is 13.8 Å². The Kier molecular flexibility index (Phi) is 5.15. The number of hydrogen-bond donors (Lipinski definition) is 2. The van der Waals surface area contributed by atoms with E-state index in [2.05, 4.69) is 11.9 Å². The lowest BCUT2D eigenvalue weighted by Crippen LogP contribution is -2.22. The van der Waals surface area contributed by atoms with Crippen LogP contribution >= 0.6 is 11.6 Å². The largest absolute Gasteiger partial charge is 0.397 e. The molecule has 0 bridgehead atoms. The van der Waals surface area contributed by atoms with Crippen LogP contribution in [0.2, 0.25) is 5.15 Å². The van der Waals surface area contributed by atoms with Crippen LogP contribution < -0.4 is 16.6 Å². The molecule has 0 aliphatic carbocycles. The molecule has 0 aliphatic heterocycles. The summed E-state index contributed by atoms with van der Waals surface area (Å²) in [6.45, 7) is 8.76. The van der Waals surface area contributed by atoms with Gasteiger partial charge in [0.05, 0.1) is 16.9 Å². The van der Waals surface area contributed by atoms with E-state index in [0.29, 0.717) is 25.3 Å². The highest BCUT2D eigenvalue weighted by Crippen LogP contribution is 2.33. The summed E-state index contributed by atoms with van der Waals surface area (Å²) in [6, 6.07) is 2.70. The number of hydrogen-bond acceptors (Lipinski definition) is 3. The smallest absolute Gasteiger partial charge is 0.276 e. The number of nitrogens with one attached hydrogen (secondary N) is 1. The van der Waals surface area contributed by atoms with E-state index >= 15 is 0 Å². The average molecular weight is 339 g/mol. The molecule has 0 unspecified atom stereocenters. The number of nitrogens with two attached hydrogens (primary N) is 1. The average Bonchev–Trinajstić information content (AvgIpc) is 2.76. The molecule has 5 nitrogen and oxygen atoms in total. The van der Waals surface area contributed by atoms with Crippen molar-refractivity contribution in [2.75, 3.05) is 17.6 Å². The predicted molar refractivity (Wildman–Crippen MR) is 93.5 cm³/mol. The van der Waals surface area contributed by atoms with Crippen molar-refractivity contribution in [3.05, 3.63) is 46.1 Å². The standard InChI is InChI=1S/C16H20ClFN4O/c1-4-7-20-13-8-10(11(18)9-12(13)19)14-15(17)21(5-2)22(6-3)16(14)23/h4,8-9,20H,1,5-7,19H2,2-3H3. The Morgan fingerprint density at radius 2 is 2.00 bits per heavy atom. The molecule has 23 heavy (non-hydrogen) atoms. The van der Waals surface area contributed by atoms with Crippen molar-refractivity contribution >= 4 is 23.0 Å². The van der Waals surface area contributed by atoms with Gasteiger partial charge < -0.3 is 11.1 Å². The number of halogens is 2. The van der Waals surface area contributed by atoms with Gasteiger partial charge in [-0.2, -0.15) is 0 Å². The second-order valence-corrected chi connectivity index (χ2v) is 5.35. The Morgan fingerprint density at radius 1 is 1.35 bits per heavy atom. The molecule has 0 atom stereocenters. The first-order valence-electron chi connectivity index (χ1n) is 7.39. The topological polar surface area (TPSA) is 65.0 Å². The van der Waals surface area contributed by atoms with E-state index in [1.165, 1.54) is 16.8 Å². The molecular weight excluding hydrogens is 319 g/mol. The van der Waals surface area contributed by atoms with Gasteiger partial charge in [-0.3, -0.25) is 9.48 Å². The number of aromatic nitrogens is 2. The monoisotopic (exact) mass is 338 g/mol. The molecule has 3 N–H and O–H groups in total. The molecule has 7 heteroatoms. The normalized spacial score (nSPS) is 10.8. The Morgan fingerprint density at radius 3 is 2.52 bits per heavy atom. The lowest BCUT2D eigenvalue weighted by molar-refractivity contribution is 0.477. The lowest BCUT2D eigenvalue weighted by Gasteiger charge is -2.10. The molecule has 2 aromatic rings. The third-order valence-electron chi connectivity index (χ3n) is 3.62. The molecular formula is C16H20ClFN4O. The molecule has 0 radical (unpaired) electrons. The molecule has 2 rings (SSSR count). The molecule has 1 aromatic heterocycles. The zero-order chi connectivity index (χ0) is 17.1. The summed E-state index contributed by atoms with van der Waals surface area (Å²) in [7, 11) is 0. The van der Waals surface area contributed by atoms with Crippen molar-refractivity contribution in [2.45, 2.75) is 26.9 Å². The van der Waals surface area contributed by atoms with E-state index in [4.69, 9.17) is 17.3 Å². The lowest BCUT2D eigenvalue weighted by atomic mass is 10.1. The quantitative estimate of drug-likeness (QED) is 0.627. The van der Waals surface area contributed by atoms with Crippen LogP contribution in [0.15, 0.2) is 29.6 Å². The van der Waals surface area contributed by atoms with Crippen molar-refractivity contribution in [2.24, 2.45) is 0 Å². The van der Waals surface area contributed by atoms with E-state index in [9.17, 15) is 9.18 Å². The minimum absolute atomic E-state index is 0.134. The maximum Gasteiger partial charge on any atom is 0.276 e. The van der Waals surface area contributed by atoms with Crippen molar-refractivity contribution < 1.29 is 4.39 Å². The maximum absolute atomic E-state index is 14.4. The molecule has 0 saturated heterocycles. The number of nitrogens with zero attached hydrogens (tertiary/aromatic N) is 2. The van der Waals surface area contributed by atoms with Crippen LogP contribution in [-0.2, 0) is 13.1 Å². The van der Waals surface area contributed by atoms with Crippen LogP contribution in [0, 0.1) is 5.82 Å². The predicted octanol–water partition coefficient (Wildman–Crippen LogP) is 3.33. The van der Waals surface area contributed by atoms with E-state index < -0.39 is 5.82 Å². The van der Waals surface area contributed by atoms with Gasteiger partial charge >= 0.3 is 0 Å². The van der Waals surface area contributed by atoms with Gasteiger partial charge in [0, 0.05) is 25.2 Å². The van der Waals surface area contributed by atoms with Gasteiger partial charge in [0.25, 0.3) is 5.56 Å². The summed E-state index contributed by atoms with van der Waals surface area (Å²) in [5, 5.41) is 3.24. The SMILES string of the molecule is C=CCNc1cc(-c2c(Cl)n(CC)n(CC)c2=O)c(F)cc1N. The number of rotatable bonds is 6. The summed E-state index contributed by atoms with van der Waals surface area (Å²) in [5.74, 6) is -0.581. The van der Waals surface area contributed by atoms with Gasteiger partial charge in [-0.15, -0.1) is 6.58 Å². The second-order valence-electron chi connectivity index (χ2n) is 4.99. The zero-order valence-corrected chi connectivity index (χ0v) is 14.0. The Balaban J connectivity index is 2.69. The number of nitrogen functional groups attached to an aromatic ring is 1. The Bertz CT molecular complexity index is 794. The fourth-order valence-electron chi connectivity index (χ4n) is 2.53. The third kappa shape index (κ3) is 2.99. The summed E-state index contributed by atoms with van der Waals surface area (Å²) in [5.41, 5.74) is 6.57. The molecule has 124 valence electrons. The summed E-state index contributed by atoms with van der Waals surface area (Å²) >= 11 is 6.32. The highest BCUT2D eigenvalue weighted by atomic mass is 35.5. The third-order valence-corrected chi connectivity index (χ3v) is 4.00. The molecule has 0 aliphatic rings. The summed E-state index contributed by atoms with van der Waals surface area (Å²) in [6.07, 6.45) is 1.66. The van der Waals surface area contributed by atoms with Gasteiger partial charge in [0.1, 0.15) is 11.0 Å². The van der Waals surface area contributed by atoms with Gasteiger partial charge in [0.15, 0.2) is 0 Å². The van der Waals surface area contributed by atoms with Crippen molar-refractivity contribution in [1.82, 2.24) is 9.36 Å². The molecule has 1 heterocycles. The van der Waals surface area contributed by atoms with Crippen LogP contribution in [0.4, 0.5) is 15.8 Å². The molecule has 0 saturated carbocycles. The first-order valence-corrected chi connectivity index (χ1v) is 7.77. The number of anilines is 2. The Labute approximate surface area is 139 Å². The van der Waals surface area contributed by atoms with Crippen LogP contribution in [0.3, 0.4) is 0 Å². The molecule has 0 fully saturated rings. The van der Waals surface area contributed by atoms with Crippen molar-refractivity contribution in [1.29, 1.82) is 0 Å². The number of benzene rings is 1. The maximum atomic E-state index is 14.4. The van der Waals surface area contributed by atoms with Gasteiger partial charge in [-0.1, -0.05) is 17.7 Å². The minimum atomic E-state index is -0.581. The van der Waals surface area contributed by atoms with Crippen molar-refractivity contribution in [3.63, 3.8) is 0 Å². The van der Waals surface area contributed by atoms with E-state index in [0.717, 1.165) is 0 Å². The first kappa shape index (κ1) is 17.1. The van der Waals surface area contributed by atoms with E-state index in [-0.39, 0.29) is 27.5 Å². The second kappa shape index (κ2) is 6.91. The van der Waals surface area contributed by atoms with Gasteiger partial charge in [0.2, 0.25) is 0 Å². The molecule has 0 amide bonds. The highest BCUT2D eigenvalue weighted by molar-refractivity contribution is 6.32. The molecule has 1 aromatic carbocycles. The van der Waals surface area contributed by atoms with E-state index in [1.807, 2.05) is 13.8 Å². The minimum Gasteiger partial charge on any atom is -0.397 e. The fourth-order valence-corrected chi connectivity index (χ4v) is 2.92. The van der Waals surface area contributed by atoms with Crippen LogP contribution in [0.25, 0.3) is 11.1 Å². The van der Waals surface area contributed by atoms with Gasteiger partial charge in [-0.05, 0) is 26.0 Å². The summed E-state index contributed by atoms with van der Waals surface area (Å²) < 4.78 is 17.5. The Hall–Kier alpha value is -2.21. The fraction of sp³-hybridized carbons (Fsp3) is 0.312. The zero-order valence-electron chi connectivity index (χ0n) is 13.2. The molecule has 0 spiro atoms. The van der Waals surface area contributed by atoms with Crippen LogP contribution in [0.5, 0.6) is 0 Å². The van der Waals surface area contributed by atoms with Crippen LogP contribution in [-0.4, -0.2) is 15.9 Å². The van der Waals surface area contributed by atoms with Gasteiger partial charge in [-0.25, -0.2) is 9.07 Å². The van der Waals surface area contributed by atoms with Crippen molar-refractivity contribution in [3.8, 4) is 11.1 Å². The first-order chi connectivity index (χ1) is 11.0. The highest BCUT2D eigenvalue weighted by Gasteiger charge is 2.22. The summed E-state index contributed by atoms with van der Waals surface area (Å²) in [4.78, 5) is 12.6. The van der Waals surface area contributed by atoms with E-state index in [1.54, 1.807) is 10.8 Å².